The van der Waals surface area contributed by atoms with Gasteiger partial charge in [0.15, 0.2) is 6.61 Å². The summed E-state index contributed by atoms with van der Waals surface area (Å²) < 4.78 is 5.53. The van der Waals surface area contributed by atoms with Crippen molar-refractivity contribution in [1.29, 1.82) is 0 Å². The highest BCUT2D eigenvalue weighted by Crippen LogP contribution is 2.13. The van der Waals surface area contributed by atoms with Crippen LogP contribution in [0.3, 0.4) is 0 Å². The number of aryl methyl sites for hydroxylation is 1. The van der Waals surface area contributed by atoms with Gasteiger partial charge in [0.25, 0.3) is 5.91 Å². The molecule has 7 nitrogen and oxygen atoms in total. The van der Waals surface area contributed by atoms with Gasteiger partial charge in [-0.2, -0.15) is 0 Å². The minimum atomic E-state index is -0.447. The Kier molecular flexibility index (Phi) is 7.21. The highest BCUT2D eigenvalue weighted by atomic mass is 16.5. The lowest BCUT2D eigenvalue weighted by molar-refractivity contribution is -0.123. The monoisotopic (exact) mass is 397 g/mol. The van der Waals surface area contributed by atoms with Crippen LogP contribution in [0.25, 0.3) is 0 Å². The second-order valence-corrected chi connectivity index (χ2v) is 7.24. The fourth-order valence-corrected chi connectivity index (χ4v) is 3.11. The Morgan fingerprint density at radius 1 is 1.14 bits per heavy atom. The molecule has 0 bridgehead atoms. The van der Waals surface area contributed by atoms with E-state index in [1.165, 1.54) is 0 Å². The van der Waals surface area contributed by atoms with E-state index in [2.05, 4.69) is 16.0 Å². The molecule has 1 aliphatic rings. The van der Waals surface area contributed by atoms with Gasteiger partial charge in [-0.05, 0) is 49.6 Å². The number of ether oxygens (including phenoxy) is 1. The van der Waals surface area contributed by atoms with Gasteiger partial charge in [-0.25, -0.2) is 0 Å². The Hall–Kier alpha value is -2.90. The summed E-state index contributed by atoms with van der Waals surface area (Å²) in [6.07, 6.45) is 0.696. The molecule has 154 valence electrons. The zero-order valence-corrected chi connectivity index (χ0v) is 16.5. The van der Waals surface area contributed by atoms with E-state index in [0.29, 0.717) is 31.7 Å². The van der Waals surface area contributed by atoms with E-state index in [1.54, 1.807) is 0 Å². The Balaban J connectivity index is 1.36. The molecule has 1 saturated heterocycles. The molecule has 7 heteroatoms. The topological polar surface area (TPSA) is 99.7 Å². The summed E-state index contributed by atoms with van der Waals surface area (Å²) >= 11 is 0. The zero-order valence-electron chi connectivity index (χ0n) is 16.5. The summed E-state index contributed by atoms with van der Waals surface area (Å²) in [5, 5.41) is 18.1. The van der Waals surface area contributed by atoms with E-state index in [9.17, 15) is 14.7 Å². The Labute approximate surface area is 170 Å². The Morgan fingerprint density at radius 3 is 2.52 bits per heavy atom. The molecule has 2 aromatic carbocycles. The van der Waals surface area contributed by atoms with Crippen LogP contribution < -0.4 is 20.7 Å². The number of hydrogen-bond donors (Lipinski definition) is 4. The fourth-order valence-electron chi connectivity index (χ4n) is 3.11. The summed E-state index contributed by atoms with van der Waals surface area (Å²) in [4.78, 5) is 24.0. The number of rotatable bonds is 8. The van der Waals surface area contributed by atoms with Crippen LogP contribution in [0.2, 0.25) is 0 Å². The van der Waals surface area contributed by atoms with Crippen molar-refractivity contribution in [3.8, 4) is 5.75 Å². The molecule has 0 aliphatic carbocycles. The van der Waals surface area contributed by atoms with Crippen molar-refractivity contribution in [3.05, 3.63) is 59.7 Å². The highest BCUT2D eigenvalue weighted by Gasteiger charge is 2.27. The van der Waals surface area contributed by atoms with Gasteiger partial charge in [-0.3, -0.25) is 9.59 Å². The van der Waals surface area contributed by atoms with Gasteiger partial charge < -0.3 is 25.8 Å². The molecule has 2 unspecified atom stereocenters. The number of hydrogen-bond acceptors (Lipinski definition) is 5. The average molecular weight is 397 g/mol. The first-order chi connectivity index (χ1) is 14.0. The van der Waals surface area contributed by atoms with E-state index >= 15 is 0 Å². The molecule has 0 radical (unpaired) electrons. The van der Waals surface area contributed by atoms with Gasteiger partial charge >= 0.3 is 0 Å². The van der Waals surface area contributed by atoms with Gasteiger partial charge in [0.05, 0.1) is 12.1 Å². The number of benzene rings is 2. The van der Waals surface area contributed by atoms with Crippen molar-refractivity contribution in [2.24, 2.45) is 0 Å². The molecule has 2 amide bonds. The maximum absolute atomic E-state index is 12.0. The largest absolute Gasteiger partial charge is 0.484 e. The van der Waals surface area contributed by atoms with Crippen molar-refractivity contribution in [2.75, 3.05) is 25.0 Å². The van der Waals surface area contributed by atoms with Gasteiger partial charge in [-0.15, -0.1) is 0 Å². The van der Waals surface area contributed by atoms with Crippen molar-refractivity contribution in [2.45, 2.75) is 31.9 Å². The van der Waals surface area contributed by atoms with E-state index in [1.807, 2.05) is 55.5 Å². The normalized spacial score (nSPS) is 18.3. The number of nitrogens with one attached hydrogen (secondary N) is 3. The van der Waals surface area contributed by atoms with Gasteiger partial charge in [0.2, 0.25) is 5.91 Å². The van der Waals surface area contributed by atoms with Crippen LogP contribution in [-0.2, 0) is 16.0 Å². The molecule has 0 saturated carbocycles. The molecule has 0 spiro atoms. The number of aliphatic hydroxyl groups is 1. The molecule has 4 N–H and O–H groups in total. The minimum absolute atomic E-state index is 0.0660. The number of β-amino-alcohol motifs (C(OH)–C–C–N with tert-alkyl or cyclic N) is 1. The lowest BCUT2D eigenvalue weighted by Crippen LogP contribution is -2.41. The average Bonchev–Trinajstić information content (AvgIpc) is 3.15. The van der Waals surface area contributed by atoms with Crippen molar-refractivity contribution >= 4 is 17.5 Å². The molecular formula is C22H27N3O4. The van der Waals surface area contributed by atoms with Gasteiger partial charge in [-0.1, -0.05) is 29.8 Å². The molecule has 3 rings (SSSR count). The first-order valence-corrected chi connectivity index (χ1v) is 9.77. The standard InChI is InChI=1S/C22H27N3O4/c1-15-2-6-17(7-3-15)25-21(27)14-29-19-8-4-16(5-9-19)10-11-23-22(28)20-12-18(26)13-24-20/h2-9,18,20,24,26H,10-14H2,1H3,(H,23,28)(H,25,27). The van der Waals surface area contributed by atoms with E-state index in [0.717, 1.165) is 16.8 Å². The van der Waals surface area contributed by atoms with Crippen LogP contribution >= 0.6 is 0 Å². The summed E-state index contributed by atoms with van der Waals surface area (Å²) in [6.45, 7) is 2.91. The lowest BCUT2D eigenvalue weighted by atomic mass is 10.1. The second-order valence-electron chi connectivity index (χ2n) is 7.24. The van der Waals surface area contributed by atoms with Crippen LogP contribution in [0.5, 0.6) is 5.75 Å². The molecule has 1 heterocycles. The first kappa shape index (κ1) is 20.8. The number of amides is 2. The zero-order chi connectivity index (χ0) is 20.6. The summed E-state index contributed by atoms with van der Waals surface area (Å²) in [5.74, 6) is 0.313. The number of carbonyl (C=O) groups excluding carboxylic acids is 2. The number of anilines is 1. The van der Waals surface area contributed by atoms with Gasteiger partial charge in [0, 0.05) is 18.8 Å². The molecular weight excluding hydrogens is 370 g/mol. The van der Waals surface area contributed by atoms with E-state index in [4.69, 9.17) is 4.74 Å². The molecule has 2 aromatic rings. The summed E-state index contributed by atoms with van der Waals surface area (Å²) in [6, 6.07) is 14.7. The lowest BCUT2D eigenvalue weighted by Gasteiger charge is -2.11. The molecule has 29 heavy (non-hydrogen) atoms. The predicted molar refractivity (Wildman–Crippen MR) is 111 cm³/mol. The van der Waals surface area contributed by atoms with E-state index in [-0.39, 0.29) is 24.5 Å². The van der Waals surface area contributed by atoms with Crippen molar-refractivity contribution < 1.29 is 19.4 Å². The third-order valence-electron chi connectivity index (χ3n) is 4.77. The molecule has 1 aliphatic heterocycles. The molecule has 1 fully saturated rings. The van der Waals surface area contributed by atoms with Crippen LogP contribution in [0.1, 0.15) is 17.5 Å². The summed E-state index contributed by atoms with van der Waals surface area (Å²) in [7, 11) is 0. The highest BCUT2D eigenvalue weighted by molar-refractivity contribution is 5.91. The first-order valence-electron chi connectivity index (χ1n) is 9.77. The maximum Gasteiger partial charge on any atom is 0.262 e. The third kappa shape index (κ3) is 6.58. The maximum atomic E-state index is 12.0. The van der Waals surface area contributed by atoms with Crippen molar-refractivity contribution in [3.63, 3.8) is 0 Å². The fraction of sp³-hybridized carbons (Fsp3) is 0.364. The SMILES string of the molecule is Cc1ccc(NC(=O)COc2ccc(CCNC(=O)C3CC(O)CN3)cc2)cc1. The van der Waals surface area contributed by atoms with Crippen molar-refractivity contribution in [1.82, 2.24) is 10.6 Å². The van der Waals surface area contributed by atoms with Crippen LogP contribution in [-0.4, -0.2) is 48.8 Å². The quantitative estimate of drug-likeness (QED) is 0.540. The summed E-state index contributed by atoms with van der Waals surface area (Å²) in [5.41, 5.74) is 2.93. The predicted octanol–water partition coefficient (Wildman–Crippen LogP) is 1.39. The smallest absolute Gasteiger partial charge is 0.262 e. The molecule has 2 atom stereocenters. The number of carbonyl (C=O) groups is 2. The Morgan fingerprint density at radius 2 is 1.86 bits per heavy atom. The molecule has 0 aromatic heterocycles. The van der Waals surface area contributed by atoms with Crippen LogP contribution in [0.15, 0.2) is 48.5 Å². The second kappa shape index (κ2) is 10.0. The van der Waals surface area contributed by atoms with Gasteiger partial charge in [0.1, 0.15) is 5.75 Å². The van der Waals surface area contributed by atoms with E-state index < -0.39 is 6.10 Å². The Bertz CT molecular complexity index is 821. The number of aliphatic hydroxyl groups excluding tert-OH is 1. The third-order valence-corrected chi connectivity index (χ3v) is 4.77. The van der Waals surface area contributed by atoms with Crippen LogP contribution in [0, 0.1) is 6.92 Å². The van der Waals surface area contributed by atoms with Crippen LogP contribution in [0.4, 0.5) is 5.69 Å². The minimum Gasteiger partial charge on any atom is -0.484 e.